The molecular formula is C14H25N3O. The molecule has 1 aliphatic rings. The van der Waals surface area contributed by atoms with Gasteiger partial charge in [0.15, 0.2) is 0 Å². The molecule has 0 amide bonds. The SMILES string of the molecule is CC(N)Cc1cnc(C2CCCCN2C(C)C)o1. The van der Waals surface area contributed by atoms with Gasteiger partial charge in [-0.25, -0.2) is 4.98 Å². The van der Waals surface area contributed by atoms with Gasteiger partial charge in [0.2, 0.25) is 5.89 Å². The molecule has 0 saturated carbocycles. The quantitative estimate of drug-likeness (QED) is 0.893. The van der Waals surface area contributed by atoms with E-state index in [1.54, 1.807) is 0 Å². The number of nitrogens with two attached hydrogens (primary N) is 1. The van der Waals surface area contributed by atoms with Gasteiger partial charge in [-0.2, -0.15) is 0 Å². The van der Waals surface area contributed by atoms with Gasteiger partial charge in [0, 0.05) is 18.5 Å². The third-order valence-electron chi connectivity index (χ3n) is 3.59. The summed E-state index contributed by atoms with van der Waals surface area (Å²) in [4.78, 5) is 6.95. The minimum atomic E-state index is 0.123. The van der Waals surface area contributed by atoms with E-state index in [0.717, 1.165) is 31.0 Å². The predicted molar refractivity (Wildman–Crippen MR) is 72.3 cm³/mol. The highest BCUT2D eigenvalue weighted by Crippen LogP contribution is 2.32. The van der Waals surface area contributed by atoms with Crippen molar-refractivity contribution in [3.63, 3.8) is 0 Å². The van der Waals surface area contributed by atoms with Crippen LogP contribution in [-0.2, 0) is 6.42 Å². The molecule has 4 nitrogen and oxygen atoms in total. The van der Waals surface area contributed by atoms with Gasteiger partial charge in [-0.05, 0) is 40.2 Å². The molecule has 1 saturated heterocycles. The normalized spacial score (nSPS) is 23.5. The van der Waals surface area contributed by atoms with Gasteiger partial charge in [-0.1, -0.05) is 6.42 Å². The number of hydrogen-bond donors (Lipinski definition) is 1. The fraction of sp³-hybridized carbons (Fsp3) is 0.786. The monoisotopic (exact) mass is 251 g/mol. The van der Waals surface area contributed by atoms with Crippen molar-refractivity contribution in [2.45, 2.75) is 64.6 Å². The van der Waals surface area contributed by atoms with Crippen molar-refractivity contribution >= 4 is 0 Å². The first-order valence-electron chi connectivity index (χ1n) is 7.04. The van der Waals surface area contributed by atoms with Gasteiger partial charge >= 0.3 is 0 Å². The van der Waals surface area contributed by atoms with Crippen molar-refractivity contribution < 1.29 is 4.42 Å². The Morgan fingerprint density at radius 3 is 2.89 bits per heavy atom. The van der Waals surface area contributed by atoms with E-state index < -0.39 is 0 Å². The van der Waals surface area contributed by atoms with E-state index in [1.165, 1.54) is 12.8 Å². The zero-order valence-corrected chi connectivity index (χ0v) is 11.7. The van der Waals surface area contributed by atoms with Crippen molar-refractivity contribution in [2.24, 2.45) is 5.73 Å². The van der Waals surface area contributed by atoms with Crippen LogP contribution in [0.25, 0.3) is 0 Å². The van der Waals surface area contributed by atoms with E-state index in [0.29, 0.717) is 12.1 Å². The van der Waals surface area contributed by atoms with Crippen LogP contribution < -0.4 is 5.73 Å². The summed E-state index contributed by atoms with van der Waals surface area (Å²) in [6.45, 7) is 7.62. The van der Waals surface area contributed by atoms with Gasteiger partial charge in [0.1, 0.15) is 5.76 Å². The molecule has 2 unspecified atom stereocenters. The van der Waals surface area contributed by atoms with Crippen molar-refractivity contribution in [3.8, 4) is 0 Å². The third-order valence-corrected chi connectivity index (χ3v) is 3.59. The second-order valence-corrected chi connectivity index (χ2v) is 5.69. The lowest BCUT2D eigenvalue weighted by Gasteiger charge is -2.36. The third kappa shape index (κ3) is 3.12. The molecule has 18 heavy (non-hydrogen) atoms. The molecule has 0 aromatic carbocycles. The van der Waals surface area contributed by atoms with Crippen molar-refractivity contribution in [1.82, 2.24) is 9.88 Å². The number of aromatic nitrogens is 1. The van der Waals surface area contributed by atoms with E-state index in [-0.39, 0.29) is 6.04 Å². The molecule has 2 heterocycles. The summed E-state index contributed by atoms with van der Waals surface area (Å²) in [7, 11) is 0. The average molecular weight is 251 g/mol. The Hall–Kier alpha value is -0.870. The average Bonchev–Trinajstić information content (AvgIpc) is 2.76. The zero-order valence-electron chi connectivity index (χ0n) is 11.7. The molecule has 0 bridgehead atoms. The highest BCUT2D eigenvalue weighted by Gasteiger charge is 2.29. The molecule has 1 fully saturated rings. The van der Waals surface area contributed by atoms with Gasteiger partial charge in [0.25, 0.3) is 0 Å². The number of rotatable bonds is 4. The summed E-state index contributed by atoms with van der Waals surface area (Å²) >= 11 is 0. The molecule has 1 aliphatic heterocycles. The van der Waals surface area contributed by atoms with Crippen LogP contribution in [0.15, 0.2) is 10.6 Å². The maximum Gasteiger partial charge on any atom is 0.211 e. The summed E-state index contributed by atoms with van der Waals surface area (Å²) < 4.78 is 5.88. The first-order valence-corrected chi connectivity index (χ1v) is 7.04. The molecule has 102 valence electrons. The van der Waals surface area contributed by atoms with E-state index in [2.05, 4.69) is 23.7 Å². The first-order chi connectivity index (χ1) is 8.58. The molecule has 0 radical (unpaired) electrons. The lowest BCUT2D eigenvalue weighted by Crippen LogP contribution is -2.38. The predicted octanol–water partition coefficient (Wildman–Crippen LogP) is 2.50. The largest absolute Gasteiger partial charge is 0.444 e. The lowest BCUT2D eigenvalue weighted by molar-refractivity contribution is 0.0915. The van der Waals surface area contributed by atoms with Crippen LogP contribution in [-0.4, -0.2) is 28.5 Å². The van der Waals surface area contributed by atoms with Gasteiger partial charge in [-0.15, -0.1) is 0 Å². The summed E-state index contributed by atoms with van der Waals surface area (Å²) in [6, 6.07) is 1.01. The molecule has 1 aromatic heterocycles. The smallest absolute Gasteiger partial charge is 0.211 e. The second kappa shape index (κ2) is 5.85. The van der Waals surface area contributed by atoms with Crippen LogP contribution in [0.1, 0.15) is 57.7 Å². The minimum absolute atomic E-state index is 0.123. The van der Waals surface area contributed by atoms with Crippen LogP contribution in [0.5, 0.6) is 0 Å². The number of piperidine rings is 1. The fourth-order valence-electron chi connectivity index (χ4n) is 2.73. The lowest BCUT2D eigenvalue weighted by atomic mass is 10.0. The fourth-order valence-corrected chi connectivity index (χ4v) is 2.73. The minimum Gasteiger partial charge on any atom is -0.444 e. The van der Waals surface area contributed by atoms with Gasteiger partial charge < -0.3 is 10.2 Å². The molecule has 2 atom stereocenters. The Balaban J connectivity index is 2.10. The van der Waals surface area contributed by atoms with Crippen LogP contribution in [0.3, 0.4) is 0 Å². The van der Waals surface area contributed by atoms with Crippen molar-refractivity contribution in [2.75, 3.05) is 6.54 Å². The van der Waals surface area contributed by atoms with Gasteiger partial charge in [0.05, 0.1) is 12.2 Å². The highest BCUT2D eigenvalue weighted by atomic mass is 16.4. The zero-order chi connectivity index (χ0) is 13.1. The van der Waals surface area contributed by atoms with Crippen LogP contribution in [0.2, 0.25) is 0 Å². The van der Waals surface area contributed by atoms with Crippen LogP contribution >= 0.6 is 0 Å². The molecule has 2 N–H and O–H groups in total. The molecule has 2 rings (SSSR count). The maximum atomic E-state index is 5.88. The Kier molecular flexibility index (Phi) is 4.40. The molecule has 0 spiro atoms. The van der Waals surface area contributed by atoms with E-state index in [9.17, 15) is 0 Å². The number of oxazole rings is 1. The maximum absolute atomic E-state index is 5.88. The highest BCUT2D eigenvalue weighted by molar-refractivity contribution is 5.01. The number of likely N-dealkylation sites (tertiary alicyclic amines) is 1. The van der Waals surface area contributed by atoms with Crippen LogP contribution in [0.4, 0.5) is 0 Å². The number of nitrogens with zero attached hydrogens (tertiary/aromatic N) is 2. The Bertz CT molecular complexity index is 373. The van der Waals surface area contributed by atoms with E-state index >= 15 is 0 Å². The first kappa shape index (κ1) is 13.6. The summed E-state index contributed by atoms with van der Waals surface area (Å²) in [5.74, 6) is 1.79. The van der Waals surface area contributed by atoms with E-state index in [1.807, 2.05) is 13.1 Å². The molecule has 4 heteroatoms. The van der Waals surface area contributed by atoms with Crippen molar-refractivity contribution in [1.29, 1.82) is 0 Å². The molecule has 0 aliphatic carbocycles. The molecule has 1 aromatic rings. The number of hydrogen-bond acceptors (Lipinski definition) is 4. The summed E-state index contributed by atoms with van der Waals surface area (Å²) in [5.41, 5.74) is 5.79. The Morgan fingerprint density at radius 2 is 2.22 bits per heavy atom. The van der Waals surface area contributed by atoms with E-state index in [4.69, 9.17) is 10.2 Å². The Labute approximate surface area is 110 Å². The Morgan fingerprint density at radius 1 is 1.44 bits per heavy atom. The van der Waals surface area contributed by atoms with Gasteiger partial charge in [-0.3, -0.25) is 4.90 Å². The van der Waals surface area contributed by atoms with Crippen LogP contribution in [0, 0.1) is 0 Å². The second-order valence-electron chi connectivity index (χ2n) is 5.69. The molecular weight excluding hydrogens is 226 g/mol. The summed E-state index contributed by atoms with van der Waals surface area (Å²) in [6.07, 6.45) is 6.30. The standard InChI is InChI=1S/C14H25N3O/c1-10(2)17-7-5-4-6-13(17)14-16-9-12(18-14)8-11(3)15/h9-11,13H,4-8,15H2,1-3H3. The van der Waals surface area contributed by atoms with Crippen molar-refractivity contribution in [3.05, 3.63) is 17.8 Å². The summed E-state index contributed by atoms with van der Waals surface area (Å²) in [5, 5.41) is 0. The topological polar surface area (TPSA) is 55.3 Å².